The fourth-order valence-electron chi connectivity index (χ4n) is 2.09. The molecule has 3 heterocycles. The number of hydrogen-bond donors (Lipinski definition) is 1. The van der Waals surface area contributed by atoms with E-state index in [4.69, 9.17) is 4.52 Å². The zero-order chi connectivity index (χ0) is 13.5. The molecule has 0 bridgehead atoms. The Labute approximate surface area is 119 Å². The monoisotopic (exact) mass is 287 g/mol. The summed E-state index contributed by atoms with van der Waals surface area (Å²) in [6, 6.07) is 0. The standard InChI is InChI=1S/C13H13N5OS/c1-7-5-20-11-10(7)15-6-16-12(11)14-4-9-17-13(19-18-9)8-2-3-8/h5-6,8H,2-4H2,1H3,(H,14,15,16). The van der Waals surface area contributed by atoms with Gasteiger partial charge in [0.2, 0.25) is 5.89 Å². The highest BCUT2D eigenvalue weighted by atomic mass is 32.1. The summed E-state index contributed by atoms with van der Waals surface area (Å²) in [5.74, 6) is 2.75. The molecule has 7 heteroatoms. The SMILES string of the molecule is Cc1csc2c(NCc3noc(C4CC4)n3)ncnc12. The minimum Gasteiger partial charge on any atom is -0.361 e. The molecular weight excluding hydrogens is 274 g/mol. The van der Waals surface area contributed by atoms with Gasteiger partial charge in [0.1, 0.15) is 12.1 Å². The van der Waals surface area contributed by atoms with Gasteiger partial charge >= 0.3 is 0 Å². The molecule has 1 aliphatic rings. The van der Waals surface area contributed by atoms with E-state index in [1.54, 1.807) is 17.7 Å². The fourth-order valence-corrected chi connectivity index (χ4v) is 3.06. The number of aromatic nitrogens is 4. The molecule has 20 heavy (non-hydrogen) atoms. The van der Waals surface area contributed by atoms with Crippen LogP contribution in [0.5, 0.6) is 0 Å². The lowest BCUT2D eigenvalue weighted by atomic mass is 10.3. The number of hydrogen-bond acceptors (Lipinski definition) is 7. The Hall–Kier alpha value is -2.02. The highest BCUT2D eigenvalue weighted by Gasteiger charge is 2.29. The number of anilines is 1. The fraction of sp³-hybridized carbons (Fsp3) is 0.385. The van der Waals surface area contributed by atoms with Crippen molar-refractivity contribution in [3.8, 4) is 0 Å². The largest absolute Gasteiger partial charge is 0.361 e. The van der Waals surface area contributed by atoms with Crippen LogP contribution in [0.25, 0.3) is 10.2 Å². The lowest BCUT2D eigenvalue weighted by molar-refractivity contribution is 0.374. The molecule has 0 saturated heterocycles. The molecule has 1 fully saturated rings. The molecule has 6 nitrogen and oxygen atoms in total. The van der Waals surface area contributed by atoms with Crippen LogP contribution in [0.2, 0.25) is 0 Å². The Morgan fingerprint density at radius 2 is 2.30 bits per heavy atom. The van der Waals surface area contributed by atoms with Crippen molar-refractivity contribution in [2.24, 2.45) is 0 Å². The summed E-state index contributed by atoms with van der Waals surface area (Å²) in [5.41, 5.74) is 2.17. The van der Waals surface area contributed by atoms with Gasteiger partial charge in [-0.25, -0.2) is 9.97 Å². The molecule has 0 spiro atoms. The molecule has 0 amide bonds. The van der Waals surface area contributed by atoms with E-state index in [9.17, 15) is 0 Å². The third-order valence-electron chi connectivity index (χ3n) is 3.36. The lowest BCUT2D eigenvalue weighted by Gasteiger charge is -2.03. The van der Waals surface area contributed by atoms with Crippen molar-refractivity contribution in [1.82, 2.24) is 20.1 Å². The second-order valence-corrected chi connectivity index (χ2v) is 5.88. The van der Waals surface area contributed by atoms with Crippen LogP contribution in [0.4, 0.5) is 5.82 Å². The van der Waals surface area contributed by atoms with E-state index in [-0.39, 0.29) is 0 Å². The van der Waals surface area contributed by atoms with Crippen molar-refractivity contribution in [3.63, 3.8) is 0 Å². The van der Waals surface area contributed by atoms with Gasteiger partial charge in [0, 0.05) is 5.92 Å². The predicted molar refractivity (Wildman–Crippen MR) is 75.8 cm³/mol. The molecule has 0 aromatic carbocycles. The van der Waals surface area contributed by atoms with Gasteiger partial charge in [-0.2, -0.15) is 4.98 Å². The van der Waals surface area contributed by atoms with Crippen molar-refractivity contribution in [3.05, 3.63) is 29.0 Å². The first-order valence-corrected chi connectivity index (χ1v) is 7.44. The molecule has 1 aliphatic carbocycles. The molecule has 102 valence electrons. The number of nitrogens with zero attached hydrogens (tertiary/aromatic N) is 4. The molecule has 3 aromatic rings. The quantitative estimate of drug-likeness (QED) is 0.795. The highest BCUT2D eigenvalue weighted by molar-refractivity contribution is 7.18. The van der Waals surface area contributed by atoms with Crippen molar-refractivity contribution < 1.29 is 4.52 Å². The summed E-state index contributed by atoms with van der Waals surface area (Å²) < 4.78 is 6.30. The number of fused-ring (bicyclic) bond motifs is 1. The summed E-state index contributed by atoms with van der Waals surface area (Å²) in [7, 11) is 0. The normalized spacial score (nSPS) is 14.8. The van der Waals surface area contributed by atoms with Crippen molar-refractivity contribution in [2.75, 3.05) is 5.32 Å². The van der Waals surface area contributed by atoms with Crippen molar-refractivity contribution in [1.29, 1.82) is 0 Å². The summed E-state index contributed by atoms with van der Waals surface area (Å²) in [6.07, 6.45) is 3.91. The molecule has 1 N–H and O–H groups in total. The number of aryl methyl sites for hydroxylation is 1. The summed E-state index contributed by atoms with van der Waals surface area (Å²) in [5, 5.41) is 9.34. The van der Waals surface area contributed by atoms with Gasteiger partial charge in [0.05, 0.1) is 16.8 Å². The third kappa shape index (κ3) is 2.03. The molecule has 0 radical (unpaired) electrons. The third-order valence-corrected chi connectivity index (χ3v) is 4.45. The zero-order valence-electron chi connectivity index (χ0n) is 11.0. The van der Waals surface area contributed by atoms with Crippen LogP contribution in [0, 0.1) is 6.92 Å². The zero-order valence-corrected chi connectivity index (χ0v) is 11.8. The Balaban J connectivity index is 1.54. The first-order chi connectivity index (χ1) is 9.81. The second kappa shape index (κ2) is 4.52. The Kier molecular flexibility index (Phi) is 2.66. The summed E-state index contributed by atoms with van der Waals surface area (Å²) >= 11 is 1.64. The van der Waals surface area contributed by atoms with Gasteiger partial charge in [-0.3, -0.25) is 0 Å². The minimum absolute atomic E-state index is 0.488. The van der Waals surface area contributed by atoms with E-state index in [1.807, 2.05) is 0 Å². The van der Waals surface area contributed by atoms with E-state index in [2.05, 4.69) is 37.7 Å². The van der Waals surface area contributed by atoms with Crippen LogP contribution >= 0.6 is 11.3 Å². The second-order valence-electron chi connectivity index (χ2n) is 5.00. The first-order valence-electron chi connectivity index (χ1n) is 6.56. The maximum atomic E-state index is 5.24. The maximum absolute atomic E-state index is 5.24. The van der Waals surface area contributed by atoms with Crippen LogP contribution in [-0.2, 0) is 6.54 Å². The molecule has 4 rings (SSSR count). The van der Waals surface area contributed by atoms with E-state index in [0.717, 1.165) is 34.8 Å². The minimum atomic E-state index is 0.488. The Bertz CT molecular complexity index is 761. The van der Waals surface area contributed by atoms with Gasteiger partial charge in [-0.15, -0.1) is 11.3 Å². The number of nitrogens with one attached hydrogen (secondary N) is 1. The smallest absolute Gasteiger partial charge is 0.229 e. The number of thiophene rings is 1. The van der Waals surface area contributed by atoms with E-state index >= 15 is 0 Å². The van der Waals surface area contributed by atoms with Gasteiger partial charge in [0.25, 0.3) is 0 Å². The van der Waals surface area contributed by atoms with Crippen LogP contribution in [-0.4, -0.2) is 20.1 Å². The number of rotatable bonds is 4. The van der Waals surface area contributed by atoms with Crippen LogP contribution < -0.4 is 5.32 Å². The van der Waals surface area contributed by atoms with Gasteiger partial charge in [-0.1, -0.05) is 5.16 Å². The molecular formula is C13H13N5OS. The van der Waals surface area contributed by atoms with Gasteiger partial charge in [0.15, 0.2) is 5.82 Å². The van der Waals surface area contributed by atoms with E-state index in [0.29, 0.717) is 18.3 Å². The molecule has 0 atom stereocenters. The summed E-state index contributed by atoms with van der Waals surface area (Å²) in [6.45, 7) is 2.57. The van der Waals surface area contributed by atoms with Gasteiger partial charge in [-0.05, 0) is 30.7 Å². The molecule has 0 unspecified atom stereocenters. The summed E-state index contributed by atoms with van der Waals surface area (Å²) in [4.78, 5) is 13.0. The van der Waals surface area contributed by atoms with Crippen molar-refractivity contribution in [2.45, 2.75) is 32.2 Å². The lowest BCUT2D eigenvalue weighted by Crippen LogP contribution is -2.03. The molecule has 1 saturated carbocycles. The van der Waals surface area contributed by atoms with Crippen LogP contribution in [0.1, 0.15) is 36.0 Å². The first kappa shape index (κ1) is 11.8. The predicted octanol–water partition coefficient (Wildman–Crippen LogP) is 2.87. The molecule has 0 aliphatic heterocycles. The van der Waals surface area contributed by atoms with E-state index in [1.165, 1.54) is 5.56 Å². The average Bonchev–Trinajstić information content (AvgIpc) is 3.09. The Morgan fingerprint density at radius 1 is 1.40 bits per heavy atom. The topological polar surface area (TPSA) is 76.7 Å². The molecule has 3 aromatic heterocycles. The highest BCUT2D eigenvalue weighted by Crippen LogP contribution is 2.38. The maximum Gasteiger partial charge on any atom is 0.229 e. The van der Waals surface area contributed by atoms with Gasteiger partial charge < -0.3 is 9.84 Å². The van der Waals surface area contributed by atoms with Crippen LogP contribution in [0.3, 0.4) is 0 Å². The average molecular weight is 287 g/mol. The Morgan fingerprint density at radius 3 is 3.15 bits per heavy atom. The van der Waals surface area contributed by atoms with E-state index < -0.39 is 0 Å². The van der Waals surface area contributed by atoms with Crippen molar-refractivity contribution >= 4 is 27.4 Å². The van der Waals surface area contributed by atoms with Crippen LogP contribution in [0.15, 0.2) is 16.2 Å².